The molecule has 0 unspecified atom stereocenters. The van der Waals surface area contributed by atoms with E-state index in [1.807, 2.05) is 19.1 Å². The van der Waals surface area contributed by atoms with Crippen molar-refractivity contribution < 1.29 is 5.11 Å². The third-order valence-electron chi connectivity index (χ3n) is 4.84. The Labute approximate surface area is 148 Å². The molecule has 3 rings (SSSR count). The van der Waals surface area contributed by atoms with Crippen LogP contribution in [0, 0.1) is 24.2 Å². The molecule has 1 aliphatic rings. The third-order valence-corrected chi connectivity index (χ3v) is 4.84. The topological polar surface area (TPSA) is 78.0 Å². The first-order valence-electron chi connectivity index (χ1n) is 8.87. The van der Waals surface area contributed by atoms with E-state index in [0.29, 0.717) is 24.5 Å². The predicted molar refractivity (Wildman–Crippen MR) is 95.8 cm³/mol. The molecule has 0 aliphatic carbocycles. The van der Waals surface area contributed by atoms with Gasteiger partial charge in [-0.2, -0.15) is 10.4 Å². The lowest BCUT2D eigenvalue weighted by molar-refractivity contribution is 0.0772. The fourth-order valence-corrected chi connectivity index (χ4v) is 3.24. The van der Waals surface area contributed by atoms with Crippen molar-refractivity contribution in [1.29, 1.82) is 5.26 Å². The number of aliphatic hydroxyl groups excluding tert-OH is 1. The summed E-state index contributed by atoms with van der Waals surface area (Å²) in [5.74, 6) is 2.15. The molecular weight excluding hydrogens is 314 g/mol. The van der Waals surface area contributed by atoms with Crippen molar-refractivity contribution in [2.75, 3.05) is 19.6 Å². The lowest BCUT2D eigenvalue weighted by Crippen LogP contribution is -2.39. The van der Waals surface area contributed by atoms with E-state index in [1.165, 1.54) is 12.8 Å². The summed E-state index contributed by atoms with van der Waals surface area (Å²) >= 11 is 0. The second-order valence-electron chi connectivity index (χ2n) is 6.99. The van der Waals surface area contributed by atoms with E-state index in [9.17, 15) is 5.11 Å². The zero-order valence-electron chi connectivity index (χ0n) is 14.9. The van der Waals surface area contributed by atoms with Gasteiger partial charge in [0.2, 0.25) is 0 Å². The minimum absolute atomic E-state index is 0.433. The molecule has 1 fully saturated rings. The van der Waals surface area contributed by atoms with Gasteiger partial charge in [0.1, 0.15) is 5.82 Å². The molecule has 1 aliphatic heterocycles. The molecule has 0 radical (unpaired) electrons. The van der Waals surface area contributed by atoms with Gasteiger partial charge in [0.05, 0.1) is 24.3 Å². The highest BCUT2D eigenvalue weighted by Crippen LogP contribution is 2.18. The maximum atomic E-state index is 10.4. The lowest BCUT2D eigenvalue weighted by atomic mass is 9.99. The average Bonchev–Trinajstić information content (AvgIpc) is 2.97. The minimum Gasteiger partial charge on any atom is -0.390 e. The number of nitrogens with zero attached hydrogens (tertiary/aromatic N) is 5. The van der Waals surface area contributed by atoms with Crippen LogP contribution in [0.15, 0.2) is 24.3 Å². The van der Waals surface area contributed by atoms with Crippen LogP contribution in [0.1, 0.15) is 31.2 Å². The molecule has 25 heavy (non-hydrogen) atoms. The van der Waals surface area contributed by atoms with Gasteiger partial charge in [0, 0.05) is 12.1 Å². The predicted octanol–water partition coefficient (Wildman–Crippen LogP) is 2.22. The number of nitriles is 1. The van der Waals surface area contributed by atoms with Gasteiger partial charge in [0.25, 0.3) is 0 Å². The normalized spacial score (nSPS) is 17.4. The quantitative estimate of drug-likeness (QED) is 0.904. The lowest BCUT2D eigenvalue weighted by Gasteiger charge is -2.31. The molecule has 132 valence electrons. The van der Waals surface area contributed by atoms with Gasteiger partial charge < -0.3 is 10.0 Å². The summed E-state index contributed by atoms with van der Waals surface area (Å²) < 4.78 is 1.76. The maximum Gasteiger partial charge on any atom is 0.181 e. The van der Waals surface area contributed by atoms with Gasteiger partial charge >= 0.3 is 0 Å². The fraction of sp³-hybridized carbons (Fsp3) is 0.526. The van der Waals surface area contributed by atoms with Crippen LogP contribution in [0.4, 0.5) is 0 Å². The van der Waals surface area contributed by atoms with Crippen molar-refractivity contribution in [2.45, 2.75) is 39.3 Å². The molecule has 1 N–H and O–H groups in total. The molecule has 6 heteroatoms. The largest absolute Gasteiger partial charge is 0.390 e. The van der Waals surface area contributed by atoms with Crippen LogP contribution in [-0.2, 0) is 6.54 Å². The monoisotopic (exact) mass is 339 g/mol. The summed E-state index contributed by atoms with van der Waals surface area (Å²) in [6, 6.07) is 9.40. The first-order valence-corrected chi connectivity index (χ1v) is 8.87. The number of benzene rings is 1. The van der Waals surface area contributed by atoms with E-state index in [0.717, 1.165) is 30.4 Å². The van der Waals surface area contributed by atoms with Gasteiger partial charge in [-0.3, -0.25) is 0 Å². The highest BCUT2D eigenvalue weighted by molar-refractivity contribution is 5.57. The Morgan fingerprint density at radius 2 is 2.08 bits per heavy atom. The number of aliphatic hydroxyl groups is 1. The van der Waals surface area contributed by atoms with Crippen molar-refractivity contribution in [2.24, 2.45) is 5.92 Å². The minimum atomic E-state index is -0.466. The molecule has 0 saturated carbocycles. The number of hydrogen-bond acceptors (Lipinski definition) is 5. The molecule has 1 atom stereocenters. The van der Waals surface area contributed by atoms with Crippen molar-refractivity contribution in [1.82, 2.24) is 19.7 Å². The highest BCUT2D eigenvalue weighted by atomic mass is 16.3. The standard InChI is InChI=1S/C19H25N5O/c1-14-6-8-23(9-7-14)12-18(25)13-24-15(2)21-19(22-24)17-5-3-4-16(10-17)11-20/h3-5,10,14,18,25H,6-9,12-13H2,1-2H3/t18-/m1/s1. The third kappa shape index (κ3) is 4.44. The summed E-state index contributed by atoms with van der Waals surface area (Å²) in [5, 5.41) is 24.0. The molecular formula is C19H25N5O. The summed E-state index contributed by atoms with van der Waals surface area (Å²) in [4.78, 5) is 6.81. The molecule has 1 aromatic heterocycles. The van der Waals surface area contributed by atoms with Crippen LogP contribution in [0.2, 0.25) is 0 Å². The molecule has 0 bridgehead atoms. The smallest absolute Gasteiger partial charge is 0.181 e. The summed E-state index contributed by atoms with van der Waals surface area (Å²) in [6.07, 6.45) is 1.94. The molecule has 1 aromatic carbocycles. The van der Waals surface area contributed by atoms with Crippen molar-refractivity contribution in [3.8, 4) is 17.5 Å². The van der Waals surface area contributed by atoms with Crippen LogP contribution in [0.25, 0.3) is 11.4 Å². The van der Waals surface area contributed by atoms with Gasteiger partial charge in [0.15, 0.2) is 5.82 Å². The highest BCUT2D eigenvalue weighted by Gasteiger charge is 2.19. The van der Waals surface area contributed by atoms with Crippen LogP contribution in [-0.4, -0.2) is 50.5 Å². The average molecular weight is 339 g/mol. The Balaban J connectivity index is 1.65. The van der Waals surface area contributed by atoms with E-state index in [1.54, 1.807) is 16.8 Å². The first-order chi connectivity index (χ1) is 12.0. The Hall–Kier alpha value is -2.23. The maximum absolute atomic E-state index is 10.4. The summed E-state index contributed by atoms with van der Waals surface area (Å²) in [7, 11) is 0. The Kier molecular flexibility index (Phi) is 5.47. The Morgan fingerprint density at radius 3 is 2.80 bits per heavy atom. The number of likely N-dealkylation sites (tertiary alicyclic amines) is 1. The number of aromatic nitrogens is 3. The molecule has 6 nitrogen and oxygen atoms in total. The molecule has 1 saturated heterocycles. The van der Waals surface area contributed by atoms with E-state index in [2.05, 4.69) is 28.0 Å². The SMILES string of the molecule is Cc1nc(-c2cccc(C#N)c2)nn1C[C@H](O)CN1CCC(C)CC1. The van der Waals surface area contributed by atoms with E-state index in [-0.39, 0.29) is 0 Å². The number of rotatable bonds is 5. The fourth-order valence-electron chi connectivity index (χ4n) is 3.24. The van der Waals surface area contributed by atoms with Crippen molar-refractivity contribution in [3.05, 3.63) is 35.7 Å². The van der Waals surface area contributed by atoms with Crippen LogP contribution < -0.4 is 0 Å². The zero-order valence-corrected chi connectivity index (χ0v) is 14.9. The van der Waals surface area contributed by atoms with E-state index < -0.39 is 6.10 Å². The van der Waals surface area contributed by atoms with Gasteiger partial charge in [-0.05, 0) is 50.9 Å². The van der Waals surface area contributed by atoms with E-state index in [4.69, 9.17) is 5.26 Å². The van der Waals surface area contributed by atoms with Crippen LogP contribution >= 0.6 is 0 Å². The Morgan fingerprint density at radius 1 is 1.32 bits per heavy atom. The van der Waals surface area contributed by atoms with Crippen molar-refractivity contribution >= 4 is 0 Å². The van der Waals surface area contributed by atoms with Crippen LogP contribution in [0.5, 0.6) is 0 Å². The second kappa shape index (κ2) is 7.77. The Bertz CT molecular complexity index is 755. The molecule has 0 spiro atoms. The molecule has 2 aromatic rings. The van der Waals surface area contributed by atoms with E-state index >= 15 is 0 Å². The van der Waals surface area contributed by atoms with Gasteiger partial charge in [-0.15, -0.1) is 0 Å². The molecule has 2 heterocycles. The van der Waals surface area contributed by atoms with Crippen LogP contribution in [0.3, 0.4) is 0 Å². The summed E-state index contributed by atoms with van der Waals surface area (Å²) in [5.41, 5.74) is 1.41. The summed E-state index contributed by atoms with van der Waals surface area (Å²) in [6.45, 7) is 7.39. The first kappa shape index (κ1) is 17.6. The number of aryl methyl sites for hydroxylation is 1. The second-order valence-corrected chi connectivity index (χ2v) is 6.99. The molecule has 0 amide bonds. The zero-order chi connectivity index (χ0) is 17.8. The van der Waals surface area contributed by atoms with Gasteiger partial charge in [-0.1, -0.05) is 19.1 Å². The number of β-amino-alcohol motifs (C(OH)–C–C–N with tert-alkyl or cyclic N) is 1. The number of hydrogen-bond donors (Lipinski definition) is 1. The number of piperidine rings is 1. The van der Waals surface area contributed by atoms with Gasteiger partial charge in [-0.25, -0.2) is 9.67 Å². The van der Waals surface area contributed by atoms with Crippen molar-refractivity contribution in [3.63, 3.8) is 0 Å².